The highest BCUT2D eigenvalue weighted by Crippen LogP contribution is 2.39. The minimum atomic E-state index is -5.28. The van der Waals surface area contributed by atoms with Gasteiger partial charge < -0.3 is 10.5 Å². The zero-order chi connectivity index (χ0) is 19.0. The average Bonchev–Trinajstić information content (AvgIpc) is 2.87. The van der Waals surface area contributed by atoms with E-state index in [0.717, 1.165) is 12.1 Å². The first kappa shape index (κ1) is 18.5. The molecule has 0 bridgehead atoms. The minimum absolute atomic E-state index is 0.152. The van der Waals surface area contributed by atoms with Gasteiger partial charge in [-0.05, 0) is 12.1 Å². The highest BCUT2D eigenvalue weighted by atomic mass is 19.4. The van der Waals surface area contributed by atoms with E-state index < -0.39 is 41.8 Å². The van der Waals surface area contributed by atoms with Crippen LogP contribution >= 0.6 is 0 Å². The van der Waals surface area contributed by atoms with E-state index in [9.17, 15) is 35.5 Å². The maximum absolute atomic E-state index is 13.2. The second-order valence-electron chi connectivity index (χ2n) is 4.60. The summed E-state index contributed by atoms with van der Waals surface area (Å²) in [6, 6.07) is 6.32. The number of rotatable bonds is 5. The number of carbonyl (C=O) groups excluding carboxylic acids is 1. The molecule has 0 aliphatic heterocycles. The van der Waals surface area contributed by atoms with Crippen molar-refractivity contribution >= 4 is 5.91 Å². The van der Waals surface area contributed by atoms with Crippen molar-refractivity contribution in [2.75, 3.05) is 0 Å². The molecule has 0 spiro atoms. The number of hydrogen-bond donors (Lipinski definition) is 1. The summed E-state index contributed by atoms with van der Waals surface area (Å²) in [6.07, 6.45) is -14.8. The van der Waals surface area contributed by atoms with Crippen molar-refractivity contribution in [2.45, 2.75) is 18.7 Å². The van der Waals surface area contributed by atoms with E-state index in [4.69, 9.17) is 5.73 Å². The molecule has 136 valence electrons. The number of carbonyl (C=O) groups is 1. The Morgan fingerprint density at radius 3 is 2.12 bits per heavy atom. The predicted octanol–water partition coefficient (Wildman–Crippen LogP) is 3.23. The third-order valence-electron chi connectivity index (χ3n) is 2.85. The Bertz CT molecular complexity index is 772. The van der Waals surface area contributed by atoms with Crippen molar-refractivity contribution in [2.24, 2.45) is 5.73 Å². The third kappa shape index (κ3) is 3.67. The molecule has 1 amide bonds. The van der Waals surface area contributed by atoms with Crippen LogP contribution in [0.25, 0.3) is 5.69 Å². The highest BCUT2D eigenvalue weighted by Gasteiger charge is 2.48. The summed E-state index contributed by atoms with van der Waals surface area (Å²) >= 11 is 0. The molecule has 1 heterocycles. The number of halogens is 7. The first-order chi connectivity index (χ1) is 11.4. The lowest BCUT2D eigenvalue weighted by Gasteiger charge is -2.18. The van der Waals surface area contributed by atoms with Crippen molar-refractivity contribution in [1.82, 2.24) is 9.78 Å². The number of primary amides is 1. The van der Waals surface area contributed by atoms with Gasteiger partial charge in [0.2, 0.25) is 5.88 Å². The van der Waals surface area contributed by atoms with Crippen molar-refractivity contribution in [3.63, 3.8) is 0 Å². The summed E-state index contributed by atoms with van der Waals surface area (Å²) in [4.78, 5) is 11.3. The number of ether oxygens (including phenoxy) is 1. The van der Waals surface area contributed by atoms with Crippen molar-refractivity contribution in [3.05, 3.63) is 41.6 Å². The number of benzene rings is 1. The standard InChI is InChI=1S/C13H8F7N3O2/c14-11(15)13(19,20)25-10-7(9(21)24)8(12(16,17)18)22-23(10)6-4-2-1-3-5-6/h1-5,11H,(H2,21,24). The van der Waals surface area contributed by atoms with Gasteiger partial charge in [-0.3, -0.25) is 4.79 Å². The quantitative estimate of drug-likeness (QED) is 0.821. The molecule has 1 aromatic heterocycles. The molecule has 2 N–H and O–H groups in total. The first-order valence-corrected chi connectivity index (χ1v) is 6.35. The zero-order valence-electron chi connectivity index (χ0n) is 11.9. The van der Waals surface area contributed by atoms with Crippen LogP contribution in [0, 0.1) is 0 Å². The summed E-state index contributed by atoms with van der Waals surface area (Å²) in [5, 5.41) is 3.00. The lowest BCUT2D eigenvalue weighted by molar-refractivity contribution is -0.255. The fourth-order valence-electron chi connectivity index (χ4n) is 1.84. The van der Waals surface area contributed by atoms with Crippen LogP contribution in [0.2, 0.25) is 0 Å². The zero-order valence-corrected chi connectivity index (χ0v) is 11.9. The van der Waals surface area contributed by atoms with Gasteiger partial charge >= 0.3 is 18.7 Å². The van der Waals surface area contributed by atoms with E-state index in [1.807, 2.05) is 0 Å². The fraction of sp³-hybridized carbons (Fsp3) is 0.231. The minimum Gasteiger partial charge on any atom is -0.409 e. The summed E-state index contributed by atoms with van der Waals surface area (Å²) in [5.41, 5.74) is 1.02. The van der Waals surface area contributed by atoms with Crippen molar-refractivity contribution in [3.8, 4) is 11.6 Å². The molecule has 0 atom stereocenters. The Balaban J connectivity index is 2.76. The average molecular weight is 371 g/mol. The summed E-state index contributed by atoms with van der Waals surface area (Å²) < 4.78 is 94.2. The van der Waals surface area contributed by atoms with Crippen LogP contribution in [0.1, 0.15) is 16.1 Å². The van der Waals surface area contributed by atoms with Gasteiger partial charge in [-0.1, -0.05) is 18.2 Å². The summed E-state index contributed by atoms with van der Waals surface area (Å²) in [5.74, 6) is -3.37. The van der Waals surface area contributed by atoms with E-state index in [1.54, 1.807) is 0 Å². The Kier molecular flexibility index (Phi) is 4.64. The van der Waals surface area contributed by atoms with Crippen LogP contribution in [0.3, 0.4) is 0 Å². The van der Waals surface area contributed by atoms with Gasteiger partial charge in [0.25, 0.3) is 5.91 Å². The van der Waals surface area contributed by atoms with Gasteiger partial charge in [0, 0.05) is 0 Å². The molecule has 0 fully saturated rings. The number of amides is 1. The van der Waals surface area contributed by atoms with Crippen LogP contribution in [0.5, 0.6) is 5.88 Å². The lowest BCUT2D eigenvalue weighted by atomic mass is 10.2. The molecule has 0 saturated heterocycles. The molecule has 0 saturated carbocycles. The Morgan fingerprint density at radius 1 is 1.12 bits per heavy atom. The second-order valence-corrected chi connectivity index (χ2v) is 4.60. The number of alkyl halides is 7. The van der Waals surface area contributed by atoms with E-state index in [0.29, 0.717) is 0 Å². The van der Waals surface area contributed by atoms with Crippen molar-refractivity contribution < 1.29 is 40.3 Å². The molecular weight excluding hydrogens is 363 g/mol. The maximum Gasteiger partial charge on any atom is 0.462 e. The molecular formula is C13H8F7N3O2. The summed E-state index contributed by atoms with van der Waals surface area (Å²) in [6.45, 7) is 0. The Hall–Kier alpha value is -2.79. The van der Waals surface area contributed by atoms with E-state index in [1.165, 1.54) is 18.2 Å². The SMILES string of the molecule is NC(=O)c1c(C(F)(F)F)nn(-c2ccccc2)c1OC(F)(F)C(F)F. The van der Waals surface area contributed by atoms with Gasteiger partial charge in [0.15, 0.2) is 5.69 Å². The molecule has 1 aromatic carbocycles. The van der Waals surface area contributed by atoms with Crippen LogP contribution < -0.4 is 10.5 Å². The van der Waals surface area contributed by atoms with Gasteiger partial charge in [-0.25, -0.2) is 0 Å². The normalized spacial score (nSPS) is 12.5. The molecule has 2 rings (SSSR count). The fourth-order valence-corrected chi connectivity index (χ4v) is 1.84. The Morgan fingerprint density at radius 2 is 1.68 bits per heavy atom. The molecule has 25 heavy (non-hydrogen) atoms. The molecule has 5 nitrogen and oxygen atoms in total. The third-order valence-corrected chi connectivity index (χ3v) is 2.85. The summed E-state index contributed by atoms with van der Waals surface area (Å²) in [7, 11) is 0. The molecule has 0 aliphatic rings. The number of nitrogens with two attached hydrogens (primary N) is 1. The highest BCUT2D eigenvalue weighted by molar-refractivity contribution is 5.96. The van der Waals surface area contributed by atoms with Gasteiger partial charge in [0.1, 0.15) is 5.56 Å². The van der Waals surface area contributed by atoms with Crippen LogP contribution in [0.15, 0.2) is 30.3 Å². The van der Waals surface area contributed by atoms with Crippen molar-refractivity contribution in [1.29, 1.82) is 0 Å². The number of hydrogen-bond acceptors (Lipinski definition) is 3. The molecule has 2 aromatic rings. The topological polar surface area (TPSA) is 70.1 Å². The largest absolute Gasteiger partial charge is 0.462 e. The van der Waals surface area contributed by atoms with Crippen LogP contribution in [-0.4, -0.2) is 28.2 Å². The lowest BCUT2D eigenvalue weighted by Crippen LogP contribution is -2.35. The molecule has 0 radical (unpaired) electrons. The molecule has 12 heteroatoms. The van der Waals surface area contributed by atoms with Gasteiger partial charge in [0.05, 0.1) is 5.69 Å². The monoisotopic (exact) mass is 371 g/mol. The van der Waals surface area contributed by atoms with Crippen LogP contribution in [-0.2, 0) is 6.18 Å². The number of aromatic nitrogens is 2. The number of nitrogens with zero attached hydrogens (tertiary/aromatic N) is 2. The second kappa shape index (κ2) is 6.26. The van der Waals surface area contributed by atoms with Crippen LogP contribution in [0.4, 0.5) is 30.7 Å². The maximum atomic E-state index is 13.2. The van der Waals surface area contributed by atoms with Gasteiger partial charge in [-0.15, -0.1) is 0 Å². The number of para-hydroxylation sites is 1. The van der Waals surface area contributed by atoms with E-state index in [2.05, 4.69) is 9.84 Å². The van der Waals surface area contributed by atoms with E-state index >= 15 is 0 Å². The molecule has 0 aliphatic carbocycles. The first-order valence-electron chi connectivity index (χ1n) is 6.35. The van der Waals surface area contributed by atoms with Gasteiger partial charge in [-0.2, -0.15) is 40.5 Å². The predicted molar refractivity (Wildman–Crippen MR) is 68.7 cm³/mol. The Labute approximate surface area is 134 Å². The van der Waals surface area contributed by atoms with E-state index in [-0.39, 0.29) is 10.4 Å². The molecule has 0 unspecified atom stereocenters. The smallest absolute Gasteiger partial charge is 0.409 e.